The summed E-state index contributed by atoms with van der Waals surface area (Å²) in [5.74, 6) is -0.932. The van der Waals surface area contributed by atoms with Gasteiger partial charge in [-0.25, -0.2) is 4.79 Å². The zero-order valence-corrected chi connectivity index (χ0v) is 19.2. The molecule has 32 heavy (non-hydrogen) atoms. The number of ether oxygens (including phenoxy) is 1. The van der Waals surface area contributed by atoms with Crippen LogP contribution in [0.3, 0.4) is 0 Å². The molecule has 1 aliphatic rings. The van der Waals surface area contributed by atoms with E-state index in [1.54, 1.807) is 24.3 Å². The summed E-state index contributed by atoms with van der Waals surface area (Å²) < 4.78 is 6.03. The van der Waals surface area contributed by atoms with Gasteiger partial charge in [0.1, 0.15) is 10.0 Å². The number of benzene rings is 2. The van der Waals surface area contributed by atoms with Crippen LogP contribution in [0.25, 0.3) is 21.1 Å². The lowest BCUT2D eigenvalue weighted by Gasteiger charge is -2.33. The predicted molar refractivity (Wildman–Crippen MR) is 128 cm³/mol. The summed E-state index contributed by atoms with van der Waals surface area (Å²) in [5.41, 5.74) is 3.40. The summed E-state index contributed by atoms with van der Waals surface area (Å²) in [6.07, 6.45) is 6.20. The molecule has 3 aromatic rings. The molecule has 1 saturated heterocycles. The summed E-state index contributed by atoms with van der Waals surface area (Å²) >= 11 is 1.51. The first-order valence-electron chi connectivity index (χ1n) is 11.3. The van der Waals surface area contributed by atoms with E-state index < -0.39 is 5.97 Å². The molecule has 7 heteroatoms. The second kappa shape index (κ2) is 10.7. The number of nitrogens with zero attached hydrogens (tertiary/aromatic N) is 3. The molecule has 4 rings (SSSR count). The number of aromatic carboxylic acids is 1. The van der Waals surface area contributed by atoms with E-state index >= 15 is 0 Å². The van der Waals surface area contributed by atoms with Crippen LogP contribution >= 0.6 is 11.3 Å². The first-order chi connectivity index (χ1) is 15.6. The van der Waals surface area contributed by atoms with Gasteiger partial charge < -0.3 is 14.7 Å². The summed E-state index contributed by atoms with van der Waals surface area (Å²) in [6.45, 7) is 5.15. The van der Waals surface area contributed by atoms with Gasteiger partial charge in [-0.2, -0.15) is 0 Å². The van der Waals surface area contributed by atoms with Gasteiger partial charge in [-0.05, 0) is 55.7 Å². The Balaban J connectivity index is 1.34. The van der Waals surface area contributed by atoms with Crippen molar-refractivity contribution in [3.63, 3.8) is 0 Å². The molecule has 0 bridgehead atoms. The van der Waals surface area contributed by atoms with Crippen LogP contribution in [0.1, 0.15) is 49.4 Å². The lowest BCUT2D eigenvalue weighted by molar-refractivity contribution is 0.0349. The van der Waals surface area contributed by atoms with Crippen LogP contribution in [-0.2, 0) is 4.74 Å². The van der Waals surface area contributed by atoms with E-state index in [-0.39, 0.29) is 5.56 Å². The van der Waals surface area contributed by atoms with Gasteiger partial charge in [0.25, 0.3) is 0 Å². The van der Waals surface area contributed by atoms with Crippen molar-refractivity contribution in [1.29, 1.82) is 0 Å². The monoisotopic (exact) mass is 451 g/mol. The SMILES string of the molecule is CCCCCOC1CCN(c2ccc(-c3nnc(-c4ccc(C(=O)O)cc4)s3)cc2)CC1. The van der Waals surface area contributed by atoms with Crippen LogP contribution in [0.2, 0.25) is 0 Å². The number of carbonyl (C=O) groups is 1. The Morgan fingerprint density at radius 3 is 2.16 bits per heavy atom. The Morgan fingerprint density at radius 2 is 1.59 bits per heavy atom. The highest BCUT2D eigenvalue weighted by molar-refractivity contribution is 7.17. The first kappa shape index (κ1) is 22.4. The Morgan fingerprint density at radius 1 is 1.00 bits per heavy atom. The maximum atomic E-state index is 11.0. The molecule has 0 saturated carbocycles. The van der Waals surface area contributed by atoms with Crippen LogP contribution in [-0.4, -0.2) is 47.1 Å². The minimum atomic E-state index is -0.932. The molecule has 1 aliphatic heterocycles. The number of anilines is 1. The maximum Gasteiger partial charge on any atom is 0.335 e. The number of rotatable bonds is 9. The summed E-state index contributed by atoms with van der Waals surface area (Å²) in [7, 11) is 0. The van der Waals surface area contributed by atoms with Gasteiger partial charge in [-0.1, -0.05) is 43.2 Å². The van der Waals surface area contributed by atoms with E-state index in [4.69, 9.17) is 9.84 Å². The van der Waals surface area contributed by atoms with Gasteiger partial charge in [0, 0.05) is 36.5 Å². The molecule has 168 valence electrons. The number of carboxylic acids is 1. The van der Waals surface area contributed by atoms with Gasteiger partial charge in [0.2, 0.25) is 0 Å². The second-order valence-electron chi connectivity index (χ2n) is 8.11. The van der Waals surface area contributed by atoms with Crippen LogP contribution in [0.15, 0.2) is 48.5 Å². The van der Waals surface area contributed by atoms with Crippen LogP contribution in [0, 0.1) is 0 Å². The summed E-state index contributed by atoms with van der Waals surface area (Å²) in [4.78, 5) is 13.4. The topological polar surface area (TPSA) is 75.5 Å². The minimum Gasteiger partial charge on any atom is -0.478 e. The number of unbranched alkanes of at least 4 members (excludes halogenated alkanes) is 2. The Kier molecular flexibility index (Phi) is 7.50. The molecule has 2 aromatic carbocycles. The number of aromatic nitrogens is 2. The number of piperidine rings is 1. The van der Waals surface area contributed by atoms with Gasteiger partial charge in [-0.3, -0.25) is 0 Å². The summed E-state index contributed by atoms with van der Waals surface area (Å²) in [5, 5.41) is 19.3. The van der Waals surface area contributed by atoms with Crippen molar-refractivity contribution in [2.24, 2.45) is 0 Å². The van der Waals surface area contributed by atoms with Crippen LogP contribution in [0.5, 0.6) is 0 Å². The molecule has 0 spiro atoms. The van der Waals surface area contributed by atoms with Crippen molar-refractivity contribution >= 4 is 23.0 Å². The third-order valence-corrected chi connectivity index (χ3v) is 6.85. The molecule has 0 unspecified atom stereocenters. The van der Waals surface area contributed by atoms with Crippen molar-refractivity contribution < 1.29 is 14.6 Å². The highest BCUT2D eigenvalue weighted by Crippen LogP contribution is 2.31. The van der Waals surface area contributed by atoms with Crippen LogP contribution < -0.4 is 4.90 Å². The lowest BCUT2D eigenvalue weighted by Crippen LogP contribution is -2.37. The molecule has 1 aromatic heterocycles. The quantitative estimate of drug-likeness (QED) is 0.418. The first-order valence-corrected chi connectivity index (χ1v) is 12.1. The fourth-order valence-electron chi connectivity index (χ4n) is 3.91. The zero-order valence-electron chi connectivity index (χ0n) is 18.4. The number of carboxylic acid groups (broad SMARTS) is 1. The molecule has 1 fully saturated rings. The molecular weight excluding hydrogens is 422 g/mol. The Labute approximate surface area is 192 Å². The Hall–Kier alpha value is -2.77. The van der Waals surface area contributed by atoms with E-state index in [1.807, 2.05) is 0 Å². The minimum absolute atomic E-state index is 0.265. The molecule has 0 aliphatic carbocycles. The molecule has 0 radical (unpaired) electrons. The molecule has 1 N–H and O–H groups in total. The van der Waals surface area contributed by atoms with Crippen molar-refractivity contribution in [3.05, 3.63) is 54.1 Å². The molecule has 0 atom stereocenters. The largest absolute Gasteiger partial charge is 0.478 e. The smallest absolute Gasteiger partial charge is 0.335 e. The standard InChI is InChI=1S/C25H29N3O3S/c1-2-3-4-17-31-22-13-15-28(16-14-22)21-11-9-19(10-12-21)24-27-26-23(32-24)18-5-7-20(8-6-18)25(29)30/h5-12,22H,2-4,13-17H2,1H3,(H,29,30). The van der Waals surface area contributed by atoms with Gasteiger partial charge in [0.05, 0.1) is 11.7 Å². The van der Waals surface area contributed by atoms with E-state index in [1.165, 1.54) is 36.3 Å². The van der Waals surface area contributed by atoms with Crippen LogP contribution in [0.4, 0.5) is 5.69 Å². The zero-order chi connectivity index (χ0) is 22.3. The van der Waals surface area contributed by atoms with Gasteiger partial charge in [0.15, 0.2) is 0 Å². The third kappa shape index (κ3) is 5.53. The Bertz CT molecular complexity index is 1010. The highest BCUT2D eigenvalue weighted by Gasteiger charge is 2.20. The predicted octanol–water partition coefficient (Wildman–Crippen LogP) is 5.75. The molecule has 6 nitrogen and oxygen atoms in total. The third-order valence-electron chi connectivity index (χ3n) is 5.83. The van der Waals surface area contributed by atoms with Crippen molar-refractivity contribution in [2.75, 3.05) is 24.6 Å². The number of hydrogen-bond acceptors (Lipinski definition) is 6. The normalized spacial score (nSPS) is 14.6. The average molecular weight is 452 g/mol. The fourth-order valence-corrected chi connectivity index (χ4v) is 4.76. The summed E-state index contributed by atoms with van der Waals surface area (Å²) in [6, 6.07) is 15.2. The second-order valence-corrected chi connectivity index (χ2v) is 9.08. The van der Waals surface area contributed by atoms with E-state index in [2.05, 4.69) is 46.3 Å². The van der Waals surface area contributed by atoms with Crippen molar-refractivity contribution in [2.45, 2.75) is 45.1 Å². The molecular formula is C25H29N3O3S. The molecule has 0 amide bonds. The number of hydrogen-bond donors (Lipinski definition) is 1. The molecule has 2 heterocycles. The van der Waals surface area contributed by atoms with Crippen molar-refractivity contribution in [1.82, 2.24) is 10.2 Å². The van der Waals surface area contributed by atoms with E-state index in [0.29, 0.717) is 6.10 Å². The van der Waals surface area contributed by atoms with Crippen molar-refractivity contribution in [3.8, 4) is 21.1 Å². The fraction of sp³-hybridized carbons (Fsp3) is 0.400. The lowest BCUT2D eigenvalue weighted by atomic mass is 10.1. The maximum absolute atomic E-state index is 11.0. The van der Waals surface area contributed by atoms with Gasteiger partial charge >= 0.3 is 5.97 Å². The van der Waals surface area contributed by atoms with E-state index in [0.717, 1.165) is 53.7 Å². The average Bonchev–Trinajstić information content (AvgIpc) is 3.33. The highest BCUT2D eigenvalue weighted by atomic mass is 32.1. The van der Waals surface area contributed by atoms with Gasteiger partial charge in [-0.15, -0.1) is 10.2 Å². The van der Waals surface area contributed by atoms with E-state index in [9.17, 15) is 4.79 Å².